The third-order valence-corrected chi connectivity index (χ3v) is 2.67. The highest BCUT2D eigenvalue weighted by atomic mass is 19.2. The Hall–Kier alpha value is -1.00. The molecule has 0 bridgehead atoms. The highest BCUT2D eigenvalue weighted by Crippen LogP contribution is 2.15. The van der Waals surface area contributed by atoms with Gasteiger partial charge in [-0.05, 0) is 30.4 Å². The second kappa shape index (κ2) is 6.67. The van der Waals surface area contributed by atoms with E-state index in [2.05, 4.69) is 0 Å². The maximum Gasteiger partial charge on any atom is 0.162 e. The molecule has 0 saturated heterocycles. The molecule has 1 rings (SSSR count). The van der Waals surface area contributed by atoms with Crippen LogP contribution in [0.5, 0.6) is 0 Å². The second-order valence-electron chi connectivity index (χ2n) is 4.47. The number of ether oxygens (including phenoxy) is 1. The molecule has 0 amide bonds. The van der Waals surface area contributed by atoms with Crippen LogP contribution in [0.1, 0.15) is 18.9 Å². The fourth-order valence-corrected chi connectivity index (χ4v) is 1.94. The van der Waals surface area contributed by atoms with Crippen molar-refractivity contribution in [3.63, 3.8) is 0 Å². The molecule has 2 unspecified atom stereocenters. The normalized spacial score (nSPS) is 14.6. The summed E-state index contributed by atoms with van der Waals surface area (Å²) in [6.45, 7) is 2.64. The molecule has 0 heterocycles. The summed E-state index contributed by atoms with van der Waals surface area (Å²) in [6, 6.07) is 3.99. The van der Waals surface area contributed by atoms with Gasteiger partial charge in [0.15, 0.2) is 11.6 Å². The van der Waals surface area contributed by atoms with E-state index in [9.17, 15) is 8.78 Å². The number of hydrogen-bond donors (Lipinski definition) is 1. The molecule has 2 N–H and O–H groups in total. The van der Waals surface area contributed by atoms with Crippen LogP contribution in [0.4, 0.5) is 8.78 Å². The molecule has 17 heavy (non-hydrogen) atoms. The molecule has 2 nitrogen and oxygen atoms in total. The minimum absolute atomic E-state index is 0.184. The number of hydrogen-bond acceptors (Lipinski definition) is 2. The highest BCUT2D eigenvalue weighted by Gasteiger charge is 2.14. The summed E-state index contributed by atoms with van der Waals surface area (Å²) in [7, 11) is 1.63. The molecule has 0 saturated carbocycles. The molecule has 0 aliphatic carbocycles. The van der Waals surface area contributed by atoms with E-state index in [1.807, 2.05) is 6.92 Å². The average molecular weight is 243 g/mol. The van der Waals surface area contributed by atoms with Crippen molar-refractivity contribution in [3.05, 3.63) is 35.4 Å². The molecule has 2 atom stereocenters. The predicted molar refractivity (Wildman–Crippen MR) is 63.7 cm³/mol. The summed E-state index contributed by atoms with van der Waals surface area (Å²) in [5, 5.41) is 0. The Balaban J connectivity index is 2.56. The molecule has 0 aliphatic heterocycles. The molecular weight excluding hydrogens is 224 g/mol. The maximum atomic E-state index is 13.4. The van der Waals surface area contributed by atoms with Crippen molar-refractivity contribution in [2.24, 2.45) is 11.7 Å². The Morgan fingerprint density at radius 2 is 2.06 bits per heavy atom. The molecule has 0 radical (unpaired) electrons. The summed E-state index contributed by atoms with van der Waals surface area (Å²) >= 11 is 0. The van der Waals surface area contributed by atoms with Gasteiger partial charge in [0.2, 0.25) is 0 Å². The minimum atomic E-state index is -0.820. The van der Waals surface area contributed by atoms with Crippen molar-refractivity contribution >= 4 is 0 Å². The Morgan fingerprint density at radius 1 is 1.35 bits per heavy atom. The molecule has 4 heteroatoms. The van der Waals surface area contributed by atoms with Gasteiger partial charge in [0.05, 0.1) is 0 Å². The van der Waals surface area contributed by atoms with Crippen molar-refractivity contribution in [1.82, 2.24) is 0 Å². The second-order valence-corrected chi connectivity index (χ2v) is 4.47. The smallest absolute Gasteiger partial charge is 0.162 e. The molecular formula is C13H19F2NO. The lowest BCUT2D eigenvalue weighted by Crippen LogP contribution is -2.27. The summed E-state index contributed by atoms with van der Waals surface area (Å²) < 4.78 is 31.4. The Morgan fingerprint density at radius 3 is 2.71 bits per heavy atom. The molecule has 1 aromatic carbocycles. The molecule has 0 aliphatic rings. The highest BCUT2D eigenvalue weighted by molar-refractivity contribution is 5.19. The van der Waals surface area contributed by atoms with E-state index in [1.165, 1.54) is 6.07 Å². The van der Waals surface area contributed by atoms with Gasteiger partial charge in [0.1, 0.15) is 0 Å². The molecule has 0 fully saturated rings. The summed E-state index contributed by atoms with van der Waals surface area (Å²) in [6.07, 6.45) is 1.07. The third-order valence-electron chi connectivity index (χ3n) is 2.67. The maximum absolute atomic E-state index is 13.4. The lowest BCUT2D eigenvalue weighted by Gasteiger charge is -2.17. The van der Waals surface area contributed by atoms with Crippen molar-refractivity contribution < 1.29 is 13.5 Å². The summed E-state index contributed by atoms with van der Waals surface area (Å²) in [5.74, 6) is -1.30. The molecule has 0 spiro atoms. The van der Waals surface area contributed by atoms with E-state index >= 15 is 0 Å². The third kappa shape index (κ3) is 4.40. The van der Waals surface area contributed by atoms with Gasteiger partial charge in [-0.25, -0.2) is 8.78 Å². The average Bonchev–Trinajstić information content (AvgIpc) is 2.25. The quantitative estimate of drug-likeness (QED) is 0.833. The number of halogens is 2. The van der Waals surface area contributed by atoms with Gasteiger partial charge in [0, 0.05) is 19.8 Å². The van der Waals surface area contributed by atoms with Crippen molar-refractivity contribution in [2.75, 3.05) is 13.7 Å². The van der Waals surface area contributed by atoms with E-state index in [0.717, 1.165) is 12.5 Å². The number of nitrogens with two attached hydrogens (primary N) is 1. The Bertz CT molecular complexity index is 357. The van der Waals surface area contributed by atoms with Crippen LogP contribution >= 0.6 is 0 Å². The van der Waals surface area contributed by atoms with Crippen molar-refractivity contribution in [2.45, 2.75) is 25.8 Å². The Labute approximate surface area is 101 Å². The Kier molecular flexibility index (Phi) is 5.51. The van der Waals surface area contributed by atoms with E-state index in [1.54, 1.807) is 13.2 Å². The van der Waals surface area contributed by atoms with Gasteiger partial charge >= 0.3 is 0 Å². The predicted octanol–water partition coefficient (Wildman–Crippen LogP) is 2.51. The van der Waals surface area contributed by atoms with Crippen LogP contribution in [0.2, 0.25) is 0 Å². The largest absolute Gasteiger partial charge is 0.384 e. The monoisotopic (exact) mass is 243 g/mol. The zero-order valence-corrected chi connectivity index (χ0v) is 10.2. The van der Waals surface area contributed by atoms with E-state index < -0.39 is 11.6 Å². The lowest BCUT2D eigenvalue weighted by molar-refractivity contribution is 0.152. The number of methoxy groups -OCH3 is 1. The summed E-state index contributed by atoms with van der Waals surface area (Å²) in [5.41, 5.74) is 6.25. The van der Waals surface area contributed by atoms with E-state index in [4.69, 9.17) is 10.5 Å². The topological polar surface area (TPSA) is 35.2 Å². The molecule has 96 valence electrons. The van der Waals surface area contributed by atoms with E-state index in [-0.39, 0.29) is 6.04 Å². The SMILES string of the molecule is COCC(C)CC(N)Cc1cccc(F)c1F. The van der Waals surface area contributed by atoms with Crippen molar-refractivity contribution in [1.29, 1.82) is 0 Å². The summed E-state index contributed by atoms with van der Waals surface area (Å²) in [4.78, 5) is 0. The zero-order valence-electron chi connectivity index (χ0n) is 10.2. The first-order valence-electron chi connectivity index (χ1n) is 5.72. The van der Waals surface area contributed by atoms with Gasteiger partial charge in [-0.2, -0.15) is 0 Å². The minimum Gasteiger partial charge on any atom is -0.384 e. The standard InChI is InChI=1S/C13H19F2NO/c1-9(8-17-2)6-11(16)7-10-4-3-5-12(14)13(10)15/h3-5,9,11H,6-8,16H2,1-2H3. The molecule has 1 aromatic rings. The van der Waals surface area contributed by atoms with Crippen LogP contribution in [0, 0.1) is 17.6 Å². The fraction of sp³-hybridized carbons (Fsp3) is 0.538. The van der Waals surface area contributed by atoms with Gasteiger partial charge in [-0.15, -0.1) is 0 Å². The van der Waals surface area contributed by atoms with Gasteiger partial charge in [-0.1, -0.05) is 19.1 Å². The first-order chi connectivity index (χ1) is 8.04. The number of benzene rings is 1. The van der Waals surface area contributed by atoms with Crippen LogP contribution in [-0.2, 0) is 11.2 Å². The first kappa shape index (κ1) is 14.1. The van der Waals surface area contributed by atoms with Crippen LogP contribution in [0.25, 0.3) is 0 Å². The number of rotatable bonds is 6. The van der Waals surface area contributed by atoms with Crippen LogP contribution in [0.3, 0.4) is 0 Å². The first-order valence-corrected chi connectivity index (χ1v) is 5.72. The molecule has 0 aromatic heterocycles. The van der Waals surface area contributed by atoms with Crippen molar-refractivity contribution in [3.8, 4) is 0 Å². The fourth-order valence-electron chi connectivity index (χ4n) is 1.94. The van der Waals surface area contributed by atoms with E-state index in [0.29, 0.717) is 24.5 Å². The van der Waals surface area contributed by atoms with Crippen LogP contribution in [0.15, 0.2) is 18.2 Å². The lowest BCUT2D eigenvalue weighted by atomic mass is 9.97. The van der Waals surface area contributed by atoms with Gasteiger partial charge < -0.3 is 10.5 Å². The van der Waals surface area contributed by atoms with Crippen LogP contribution in [-0.4, -0.2) is 19.8 Å². The van der Waals surface area contributed by atoms with Crippen LogP contribution < -0.4 is 5.73 Å². The van der Waals surface area contributed by atoms with Gasteiger partial charge in [0.25, 0.3) is 0 Å². The van der Waals surface area contributed by atoms with Gasteiger partial charge in [-0.3, -0.25) is 0 Å². The zero-order chi connectivity index (χ0) is 12.8.